The van der Waals surface area contributed by atoms with Crippen LogP contribution in [0.1, 0.15) is 19.4 Å². The van der Waals surface area contributed by atoms with Gasteiger partial charge in [0.1, 0.15) is 35.5 Å². The minimum atomic E-state index is -2.05. The number of benzene rings is 1. The molecule has 0 saturated carbocycles. The van der Waals surface area contributed by atoms with Crippen LogP contribution in [0.5, 0.6) is 0 Å². The number of allylic oxidation sites excluding steroid dienone is 1. The third kappa shape index (κ3) is 3.63. The molecule has 33 heavy (non-hydrogen) atoms. The molecule has 1 spiro atoms. The fraction of sp³-hybridized carbons (Fsp3) is 0.304. The summed E-state index contributed by atoms with van der Waals surface area (Å²) in [4.78, 5) is 53.7. The second-order valence-corrected chi connectivity index (χ2v) is 7.11. The Labute approximate surface area is 190 Å². The van der Waals surface area contributed by atoms with Gasteiger partial charge >= 0.3 is 17.9 Å². The van der Waals surface area contributed by atoms with Gasteiger partial charge in [0.05, 0.1) is 13.7 Å². The molecule has 0 fully saturated rings. The molecule has 174 valence electrons. The van der Waals surface area contributed by atoms with Crippen LogP contribution in [0.3, 0.4) is 0 Å². The maximum absolute atomic E-state index is 14.1. The van der Waals surface area contributed by atoms with E-state index in [0.717, 1.165) is 4.90 Å². The van der Waals surface area contributed by atoms with Crippen LogP contribution in [-0.2, 0) is 43.5 Å². The van der Waals surface area contributed by atoms with Crippen molar-refractivity contribution in [2.45, 2.75) is 19.3 Å². The smallest absolute Gasteiger partial charge is 0.341 e. The minimum absolute atomic E-state index is 0.0215. The molecule has 2 aliphatic heterocycles. The Morgan fingerprint density at radius 2 is 1.85 bits per heavy atom. The standard InChI is InChI=1S/C23H24N2O8/c1-5-11-32-20(27)17-13(3)33-19(24)18(21(28)31-6-2)23(17)14-9-7-8-10-15(14)25(22(23)29)12-16(26)30-4/h5,7-10H,1,6,11-12,24H2,2-4H3. The number of nitrogens with two attached hydrogens (primary N) is 1. The van der Waals surface area contributed by atoms with Crippen LogP contribution in [0.15, 0.2) is 59.7 Å². The van der Waals surface area contributed by atoms with Gasteiger partial charge in [-0.05, 0) is 19.9 Å². The van der Waals surface area contributed by atoms with Gasteiger partial charge in [0.2, 0.25) is 11.8 Å². The average Bonchev–Trinajstić information content (AvgIpc) is 3.01. The van der Waals surface area contributed by atoms with E-state index < -0.39 is 41.7 Å². The molecule has 1 aromatic rings. The first-order valence-electron chi connectivity index (χ1n) is 10.1. The number of carbonyl (C=O) groups excluding carboxylic acids is 4. The van der Waals surface area contributed by atoms with E-state index in [0.29, 0.717) is 5.69 Å². The van der Waals surface area contributed by atoms with Crippen molar-refractivity contribution >= 4 is 29.5 Å². The first-order valence-corrected chi connectivity index (χ1v) is 10.1. The molecule has 0 radical (unpaired) electrons. The van der Waals surface area contributed by atoms with Crippen molar-refractivity contribution in [2.24, 2.45) is 5.73 Å². The molecule has 3 rings (SSSR count). The predicted molar refractivity (Wildman–Crippen MR) is 115 cm³/mol. The second-order valence-electron chi connectivity index (χ2n) is 7.11. The number of carbonyl (C=O) groups is 4. The first-order chi connectivity index (χ1) is 15.7. The molecule has 1 atom stereocenters. The van der Waals surface area contributed by atoms with Gasteiger partial charge in [-0.2, -0.15) is 0 Å². The Bertz CT molecular complexity index is 1100. The Morgan fingerprint density at radius 3 is 2.48 bits per heavy atom. The third-order valence-corrected chi connectivity index (χ3v) is 5.31. The molecule has 1 unspecified atom stereocenters. The zero-order valence-corrected chi connectivity index (χ0v) is 18.5. The fourth-order valence-electron chi connectivity index (χ4n) is 4.09. The maximum Gasteiger partial charge on any atom is 0.341 e. The highest BCUT2D eigenvalue weighted by Crippen LogP contribution is 2.54. The van der Waals surface area contributed by atoms with Gasteiger partial charge in [-0.25, -0.2) is 9.59 Å². The first kappa shape index (κ1) is 23.6. The molecular weight excluding hydrogens is 432 g/mol. The summed E-state index contributed by atoms with van der Waals surface area (Å²) >= 11 is 0. The number of rotatable bonds is 7. The van der Waals surface area contributed by atoms with E-state index in [1.807, 2.05) is 0 Å². The van der Waals surface area contributed by atoms with Gasteiger partial charge in [-0.3, -0.25) is 14.5 Å². The van der Waals surface area contributed by atoms with E-state index in [9.17, 15) is 19.2 Å². The van der Waals surface area contributed by atoms with Crippen molar-refractivity contribution in [1.82, 2.24) is 0 Å². The van der Waals surface area contributed by atoms with Crippen LogP contribution in [0.2, 0.25) is 0 Å². The van der Waals surface area contributed by atoms with E-state index in [-0.39, 0.29) is 35.7 Å². The number of anilines is 1. The zero-order chi connectivity index (χ0) is 24.3. The largest absolute Gasteiger partial charge is 0.468 e. The average molecular weight is 456 g/mol. The number of nitrogens with zero attached hydrogens (tertiary/aromatic N) is 1. The lowest BCUT2D eigenvalue weighted by Gasteiger charge is -2.36. The molecular formula is C23H24N2O8. The van der Waals surface area contributed by atoms with Crippen LogP contribution in [0.4, 0.5) is 5.69 Å². The highest BCUT2D eigenvalue weighted by molar-refractivity contribution is 6.23. The quantitative estimate of drug-likeness (QED) is 0.365. The SMILES string of the molecule is C=CCOC(=O)C1=C(C)OC(N)=C(C(=O)OCC)C12C(=O)N(CC(=O)OC)c1ccccc12. The number of hydrogen-bond acceptors (Lipinski definition) is 9. The van der Waals surface area contributed by atoms with Crippen molar-refractivity contribution < 1.29 is 38.1 Å². The molecule has 10 nitrogen and oxygen atoms in total. The van der Waals surface area contributed by atoms with E-state index in [1.165, 1.54) is 20.1 Å². The van der Waals surface area contributed by atoms with E-state index in [4.69, 9.17) is 24.7 Å². The van der Waals surface area contributed by atoms with Crippen molar-refractivity contribution in [1.29, 1.82) is 0 Å². The van der Waals surface area contributed by atoms with Crippen LogP contribution >= 0.6 is 0 Å². The van der Waals surface area contributed by atoms with Crippen LogP contribution in [0.25, 0.3) is 0 Å². The fourth-order valence-corrected chi connectivity index (χ4v) is 4.09. The van der Waals surface area contributed by atoms with Gasteiger partial charge in [-0.1, -0.05) is 30.9 Å². The number of hydrogen-bond donors (Lipinski definition) is 1. The molecule has 0 aromatic heterocycles. The van der Waals surface area contributed by atoms with Crippen molar-refractivity contribution in [3.05, 3.63) is 65.3 Å². The number of fused-ring (bicyclic) bond motifs is 2. The third-order valence-electron chi connectivity index (χ3n) is 5.31. The number of para-hydroxylation sites is 1. The normalized spacial score (nSPS) is 19.2. The molecule has 1 aromatic carbocycles. The van der Waals surface area contributed by atoms with Crippen LogP contribution < -0.4 is 10.6 Å². The molecule has 0 bridgehead atoms. The zero-order valence-electron chi connectivity index (χ0n) is 18.5. The monoisotopic (exact) mass is 456 g/mol. The maximum atomic E-state index is 14.1. The van der Waals surface area contributed by atoms with Gasteiger partial charge in [-0.15, -0.1) is 0 Å². The summed E-state index contributed by atoms with van der Waals surface area (Å²) in [5.74, 6) is -3.75. The lowest BCUT2D eigenvalue weighted by Crippen LogP contribution is -2.51. The van der Waals surface area contributed by atoms with E-state index in [2.05, 4.69) is 6.58 Å². The molecule has 2 aliphatic rings. The van der Waals surface area contributed by atoms with Crippen LogP contribution in [0, 0.1) is 0 Å². The Balaban J connectivity index is 2.37. The summed E-state index contributed by atoms with van der Waals surface area (Å²) in [5, 5.41) is 0. The molecule has 0 saturated heterocycles. The highest BCUT2D eigenvalue weighted by atomic mass is 16.5. The number of amides is 1. The van der Waals surface area contributed by atoms with Crippen LogP contribution in [-0.4, -0.2) is 50.7 Å². The molecule has 2 heterocycles. The summed E-state index contributed by atoms with van der Waals surface area (Å²) in [7, 11) is 1.18. The Morgan fingerprint density at radius 1 is 1.18 bits per heavy atom. The van der Waals surface area contributed by atoms with Crippen molar-refractivity contribution in [2.75, 3.05) is 31.8 Å². The molecule has 2 N–H and O–H groups in total. The van der Waals surface area contributed by atoms with Crippen molar-refractivity contribution in [3.8, 4) is 0 Å². The van der Waals surface area contributed by atoms with E-state index >= 15 is 0 Å². The Kier molecular flexibility index (Phi) is 6.57. The number of ether oxygens (including phenoxy) is 4. The summed E-state index contributed by atoms with van der Waals surface area (Å²) in [6, 6.07) is 6.43. The molecule has 10 heteroatoms. The summed E-state index contributed by atoms with van der Waals surface area (Å²) in [6.45, 7) is 5.90. The summed E-state index contributed by atoms with van der Waals surface area (Å²) in [5.41, 5.74) is 3.98. The van der Waals surface area contributed by atoms with Gasteiger partial charge in [0.15, 0.2) is 0 Å². The second kappa shape index (κ2) is 9.19. The number of esters is 3. The Hall–Kier alpha value is -4.08. The molecule has 1 amide bonds. The number of methoxy groups -OCH3 is 1. The summed E-state index contributed by atoms with van der Waals surface area (Å²) in [6.07, 6.45) is 1.36. The topological polar surface area (TPSA) is 134 Å². The van der Waals surface area contributed by atoms with Gasteiger partial charge < -0.3 is 24.7 Å². The predicted octanol–water partition coefficient (Wildman–Crippen LogP) is 1.21. The van der Waals surface area contributed by atoms with E-state index in [1.54, 1.807) is 31.2 Å². The minimum Gasteiger partial charge on any atom is -0.468 e. The molecule has 0 aliphatic carbocycles. The lowest BCUT2D eigenvalue weighted by atomic mass is 9.67. The highest BCUT2D eigenvalue weighted by Gasteiger charge is 2.64. The van der Waals surface area contributed by atoms with Gasteiger partial charge in [0, 0.05) is 11.3 Å². The van der Waals surface area contributed by atoms with Gasteiger partial charge in [0.25, 0.3) is 0 Å². The summed E-state index contributed by atoms with van der Waals surface area (Å²) < 4.78 is 20.7. The lowest BCUT2D eigenvalue weighted by molar-refractivity contribution is -0.143. The van der Waals surface area contributed by atoms with Crippen molar-refractivity contribution in [3.63, 3.8) is 0 Å².